The first-order valence-corrected chi connectivity index (χ1v) is 13.8. The fourth-order valence-electron chi connectivity index (χ4n) is 5.42. The zero-order valence-corrected chi connectivity index (χ0v) is 22.5. The van der Waals surface area contributed by atoms with Crippen molar-refractivity contribution >= 4 is 11.8 Å². The second-order valence-corrected chi connectivity index (χ2v) is 10.5. The third-order valence-electron chi connectivity index (χ3n) is 7.56. The van der Waals surface area contributed by atoms with E-state index in [1.54, 1.807) is 18.3 Å². The molecule has 0 aliphatic carbocycles. The lowest BCUT2D eigenvalue weighted by Gasteiger charge is -2.38. The Hall–Kier alpha value is -4.04. The summed E-state index contributed by atoms with van der Waals surface area (Å²) >= 11 is 0. The van der Waals surface area contributed by atoms with Crippen molar-refractivity contribution in [3.05, 3.63) is 108 Å². The lowest BCUT2D eigenvalue weighted by molar-refractivity contribution is -0.135. The molecule has 208 valence electrons. The van der Waals surface area contributed by atoms with E-state index in [0.717, 1.165) is 29.0 Å². The molecule has 0 radical (unpaired) electrons. The Morgan fingerprint density at radius 1 is 1.05 bits per heavy atom. The molecule has 2 aromatic carbocycles. The van der Waals surface area contributed by atoms with Gasteiger partial charge < -0.3 is 15.0 Å². The molecule has 2 atom stereocenters. The fourth-order valence-corrected chi connectivity index (χ4v) is 5.42. The molecule has 0 unspecified atom stereocenters. The van der Waals surface area contributed by atoms with Crippen molar-refractivity contribution in [3.63, 3.8) is 0 Å². The number of fused-ring (bicyclic) bond motifs is 3. The van der Waals surface area contributed by atoms with Crippen molar-refractivity contribution in [2.24, 2.45) is 11.8 Å². The van der Waals surface area contributed by atoms with Crippen LogP contribution in [-0.4, -0.2) is 52.8 Å². The molecule has 1 N–H and O–H groups in total. The Balaban J connectivity index is 1.30. The number of para-hydroxylation sites is 1. The van der Waals surface area contributed by atoms with Gasteiger partial charge in [-0.3, -0.25) is 19.5 Å². The van der Waals surface area contributed by atoms with Crippen molar-refractivity contribution in [1.29, 1.82) is 0 Å². The van der Waals surface area contributed by atoms with Gasteiger partial charge in [-0.25, -0.2) is 4.39 Å². The molecule has 1 saturated heterocycles. The van der Waals surface area contributed by atoms with Crippen molar-refractivity contribution in [2.75, 3.05) is 26.2 Å². The molecule has 2 amide bonds. The summed E-state index contributed by atoms with van der Waals surface area (Å²) in [6, 6.07) is 19.9. The first-order chi connectivity index (χ1) is 19.5. The summed E-state index contributed by atoms with van der Waals surface area (Å²) in [5.41, 5.74) is 2.75. The van der Waals surface area contributed by atoms with E-state index in [0.29, 0.717) is 45.8 Å². The van der Waals surface area contributed by atoms with Crippen LogP contribution in [0.25, 0.3) is 0 Å². The van der Waals surface area contributed by atoms with Crippen LogP contribution in [0.15, 0.2) is 85.1 Å². The summed E-state index contributed by atoms with van der Waals surface area (Å²) < 4.78 is 19.6. The van der Waals surface area contributed by atoms with Gasteiger partial charge in [0, 0.05) is 44.4 Å². The number of benzene rings is 2. The van der Waals surface area contributed by atoms with Crippen LogP contribution in [-0.2, 0) is 29.2 Å². The quantitative estimate of drug-likeness (QED) is 0.469. The summed E-state index contributed by atoms with van der Waals surface area (Å²) in [6.45, 7) is 3.24. The molecular formula is C32H35FN4O3. The summed E-state index contributed by atoms with van der Waals surface area (Å²) in [5, 5.41) is 2.99. The standard InChI is InChI=1S/C32H35FN4O3/c33-28-12-10-24(11-13-28)20-36-21-27-6-1-2-9-30(27)40-17-5-7-26-22-37(32(39)23-36)16-14-25(26)18-31(38)35-19-29-8-3-4-15-34-29/h1-13,15,25-26H,14,16-23H2,(H,35,38)/t25-,26-/m0/s1. The van der Waals surface area contributed by atoms with Crippen molar-refractivity contribution in [1.82, 2.24) is 20.1 Å². The van der Waals surface area contributed by atoms with E-state index >= 15 is 0 Å². The molecule has 40 heavy (non-hydrogen) atoms. The number of amides is 2. The summed E-state index contributed by atoms with van der Waals surface area (Å²) in [4.78, 5) is 34.6. The number of carbonyl (C=O) groups excluding carboxylic acids is 2. The lowest BCUT2D eigenvalue weighted by atomic mass is 9.82. The van der Waals surface area contributed by atoms with Crippen LogP contribution in [0.2, 0.25) is 0 Å². The maximum Gasteiger partial charge on any atom is 0.236 e. The molecule has 1 aromatic heterocycles. The maximum absolute atomic E-state index is 13.6. The van der Waals surface area contributed by atoms with Gasteiger partial charge in [0.1, 0.15) is 18.2 Å². The topological polar surface area (TPSA) is 74.8 Å². The molecule has 3 heterocycles. The molecule has 2 bridgehead atoms. The Kier molecular flexibility index (Phi) is 9.18. The van der Waals surface area contributed by atoms with Gasteiger partial charge in [0.2, 0.25) is 11.8 Å². The van der Waals surface area contributed by atoms with E-state index in [1.165, 1.54) is 12.1 Å². The highest BCUT2D eigenvalue weighted by Gasteiger charge is 2.32. The van der Waals surface area contributed by atoms with Crippen molar-refractivity contribution < 1.29 is 18.7 Å². The molecule has 1 fully saturated rings. The highest BCUT2D eigenvalue weighted by atomic mass is 19.1. The molecule has 2 aliphatic rings. The van der Waals surface area contributed by atoms with E-state index < -0.39 is 0 Å². The number of ether oxygens (including phenoxy) is 1. The minimum absolute atomic E-state index is 0.0117. The molecule has 8 heteroatoms. The number of rotatable bonds is 6. The molecule has 0 saturated carbocycles. The zero-order valence-electron chi connectivity index (χ0n) is 22.5. The number of halogens is 1. The molecule has 2 aliphatic heterocycles. The van der Waals surface area contributed by atoms with Crippen molar-refractivity contribution in [2.45, 2.75) is 32.5 Å². The zero-order chi connectivity index (χ0) is 27.7. The third-order valence-corrected chi connectivity index (χ3v) is 7.56. The van der Waals surface area contributed by atoms with Crippen LogP contribution in [0.5, 0.6) is 5.75 Å². The first kappa shape index (κ1) is 27.5. The minimum atomic E-state index is -0.282. The number of nitrogens with one attached hydrogen (secondary N) is 1. The maximum atomic E-state index is 13.6. The van der Waals surface area contributed by atoms with E-state index in [-0.39, 0.29) is 36.0 Å². The van der Waals surface area contributed by atoms with Gasteiger partial charge in [0.05, 0.1) is 18.8 Å². The van der Waals surface area contributed by atoms with Crippen LogP contribution >= 0.6 is 0 Å². The molecule has 7 nitrogen and oxygen atoms in total. The highest BCUT2D eigenvalue weighted by Crippen LogP contribution is 2.29. The summed E-state index contributed by atoms with van der Waals surface area (Å²) in [5.74, 6) is 0.700. The number of hydrogen-bond acceptors (Lipinski definition) is 5. The first-order valence-electron chi connectivity index (χ1n) is 13.8. The van der Waals surface area contributed by atoms with E-state index in [9.17, 15) is 14.0 Å². The van der Waals surface area contributed by atoms with Gasteiger partial charge in [-0.2, -0.15) is 0 Å². The number of hydrogen-bond donors (Lipinski definition) is 1. The monoisotopic (exact) mass is 542 g/mol. The second-order valence-electron chi connectivity index (χ2n) is 10.5. The number of pyridine rings is 1. The smallest absolute Gasteiger partial charge is 0.236 e. The fraction of sp³-hybridized carbons (Fsp3) is 0.344. The second kappa shape index (κ2) is 13.3. The van der Waals surface area contributed by atoms with Gasteiger partial charge in [-0.15, -0.1) is 0 Å². The predicted molar refractivity (Wildman–Crippen MR) is 150 cm³/mol. The molecule has 0 spiro atoms. The summed E-state index contributed by atoms with van der Waals surface area (Å²) in [6.07, 6.45) is 6.96. The van der Waals surface area contributed by atoms with Crippen LogP contribution in [0.3, 0.4) is 0 Å². The lowest BCUT2D eigenvalue weighted by Crippen LogP contribution is -2.47. The van der Waals surface area contributed by atoms with Crippen LogP contribution < -0.4 is 10.1 Å². The SMILES string of the molecule is O=C(C[C@@H]1CCN2C[C@@H]1C=CCOc1ccccc1CN(Cc1ccc(F)cc1)CC2=O)NCc1ccccn1. The van der Waals surface area contributed by atoms with Gasteiger partial charge in [0.15, 0.2) is 0 Å². The van der Waals surface area contributed by atoms with Gasteiger partial charge >= 0.3 is 0 Å². The van der Waals surface area contributed by atoms with Gasteiger partial charge in [0.25, 0.3) is 0 Å². The Labute approximate surface area is 234 Å². The van der Waals surface area contributed by atoms with Gasteiger partial charge in [-0.05, 0) is 54.2 Å². The number of piperidine rings is 1. The number of aromatic nitrogens is 1. The number of carbonyl (C=O) groups is 2. The highest BCUT2D eigenvalue weighted by molar-refractivity contribution is 5.79. The Morgan fingerprint density at radius 2 is 1.88 bits per heavy atom. The van der Waals surface area contributed by atoms with E-state index in [4.69, 9.17) is 4.74 Å². The van der Waals surface area contributed by atoms with E-state index in [2.05, 4.69) is 21.3 Å². The molecule has 3 aromatic rings. The molecule has 5 rings (SSSR count). The van der Waals surface area contributed by atoms with Crippen LogP contribution in [0.1, 0.15) is 29.7 Å². The van der Waals surface area contributed by atoms with Crippen molar-refractivity contribution in [3.8, 4) is 5.75 Å². The Morgan fingerprint density at radius 3 is 2.70 bits per heavy atom. The normalized spacial score (nSPS) is 19.9. The third kappa shape index (κ3) is 7.54. The van der Waals surface area contributed by atoms with E-state index in [1.807, 2.05) is 53.4 Å². The summed E-state index contributed by atoms with van der Waals surface area (Å²) in [7, 11) is 0. The van der Waals surface area contributed by atoms with Crippen LogP contribution in [0, 0.1) is 17.7 Å². The number of nitrogens with zero attached hydrogens (tertiary/aromatic N) is 3. The average molecular weight is 543 g/mol. The van der Waals surface area contributed by atoms with Crippen LogP contribution in [0.4, 0.5) is 4.39 Å². The predicted octanol–water partition coefficient (Wildman–Crippen LogP) is 4.34. The van der Waals surface area contributed by atoms with Gasteiger partial charge in [-0.1, -0.05) is 48.6 Å². The molecular weight excluding hydrogens is 507 g/mol. The average Bonchev–Trinajstić information content (AvgIpc) is 2.97. The minimum Gasteiger partial charge on any atom is -0.489 e. The largest absolute Gasteiger partial charge is 0.489 e. The Bertz CT molecular complexity index is 1320.